The molecule has 0 radical (unpaired) electrons. The average Bonchev–Trinajstić information content (AvgIpc) is 2.77. The first-order chi connectivity index (χ1) is 15.5. The Hall–Kier alpha value is -2.50. The summed E-state index contributed by atoms with van der Waals surface area (Å²) in [5.41, 5.74) is 1.49. The first kappa shape index (κ1) is 20.1. The van der Waals surface area contributed by atoms with Crippen LogP contribution in [-0.2, 0) is 4.79 Å². The minimum absolute atomic E-state index is 0.0625. The highest BCUT2D eigenvalue weighted by Gasteiger charge is 2.55. The molecule has 5 nitrogen and oxygen atoms in total. The predicted octanol–water partition coefficient (Wildman–Crippen LogP) is 4.46. The number of benzene rings is 1. The van der Waals surface area contributed by atoms with E-state index in [0.29, 0.717) is 17.3 Å². The first-order valence-corrected chi connectivity index (χ1v) is 12.1. The largest absolute Gasteiger partial charge is 0.353 e. The molecule has 1 aromatic heterocycles. The molecule has 2 aromatic rings. The number of hydrogen-bond acceptors (Lipinski definition) is 4. The molecular weight excluding hydrogens is 403 g/mol. The SMILES string of the molecule is Cc1cc(N2CCN(C(=O)C34CC5CC(CC(C5)C3)C4)CC2)nc(-c2cccc(F)c2)n1. The van der Waals surface area contributed by atoms with Gasteiger partial charge in [0.25, 0.3) is 0 Å². The number of nitrogens with zero attached hydrogens (tertiary/aromatic N) is 4. The number of aromatic nitrogens is 2. The van der Waals surface area contributed by atoms with Crippen molar-refractivity contribution in [1.82, 2.24) is 14.9 Å². The van der Waals surface area contributed by atoms with Gasteiger partial charge < -0.3 is 9.80 Å². The van der Waals surface area contributed by atoms with E-state index in [1.165, 1.54) is 31.4 Å². The van der Waals surface area contributed by atoms with E-state index in [-0.39, 0.29) is 11.2 Å². The lowest BCUT2D eigenvalue weighted by atomic mass is 9.49. The van der Waals surface area contributed by atoms with Crippen LogP contribution in [0.4, 0.5) is 10.2 Å². The van der Waals surface area contributed by atoms with Crippen molar-refractivity contribution < 1.29 is 9.18 Å². The van der Waals surface area contributed by atoms with Gasteiger partial charge in [0.15, 0.2) is 5.82 Å². The lowest BCUT2D eigenvalue weighted by molar-refractivity contribution is -0.158. The molecule has 0 spiro atoms. The predicted molar refractivity (Wildman–Crippen MR) is 122 cm³/mol. The second-order valence-electron chi connectivity index (χ2n) is 10.7. The summed E-state index contributed by atoms with van der Waals surface area (Å²) in [6.45, 7) is 4.99. The molecule has 0 unspecified atom stereocenters. The van der Waals surface area contributed by atoms with Crippen LogP contribution >= 0.6 is 0 Å². The average molecular weight is 435 g/mol. The molecule has 6 heteroatoms. The Balaban J connectivity index is 1.17. The first-order valence-electron chi connectivity index (χ1n) is 12.1. The molecule has 7 rings (SSSR count). The van der Waals surface area contributed by atoms with Gasteiger partial charge in [0.1, 0.15) is 11.6 Å². The lowest BCUT2D eigenvalue weighted by Crippen LogP contribution is -2.58. The van der Waals surface area contributed by atoms with Gasteiger partial charge in [-0.2, -0.15) is 0 Å². The molecule has 0 atom stereocenters. The topological polar surface area (TPSA) is 49.3 Å². The van der Waals surface area contributed by atoms with Gasteiger partial charge in [0.05, 0.1) is 5.41 Å². The maximum absolute atomic E-state index is 13.7. The zero-order valence-corrected chi connectivity index (χ0v) is 18.8. The van der Waals surface area contributed by atoms with Crippen LogP contribution in [0.2, 0.25) is 0 Å². The van der Waals surface area contributed by atoms with E-state index in [1.54, 1.807) is 6.07 Å². The third-order valence-electron chi connectivity index (χ3n) is 8.31. The molecule has 1 aromatic carbocycles. The number of carbonyl (C=O) groups excluding carboxylic acids is 1. The zero-order chi connectivity index (χ0) is 21.9. The summed E-state index contributed by atoms with van der Waals surface area (Å²) in [5, 5.41) is 0. The number of carbonyl (C=O) groups is 1. The quantitative estimate of drug-likeness (QED) is 0.716. The fourth-order valence-corrected chi connectivity index (χ4v) is 7.32. The number of aryl methyl sites for hydroxylation is 1. The van der Waals surface area contributed by atoms with Crippen LogP contribution in [0, 0.1) is 35.9 Å². The van der Waals surface area contributed by atoms with Crippen LogP contribution in [-0.4, -0.2) is 47.0 Å². The third-order valence-corrected chi connectivity index (χ3v) is 8.31. The van der Waals surface area contributed by atoms with Gasteiger partial charge >= 0.3 is 0 Å². The number of anilines is 1. The van der Waals surface area contributed by atoms with E-state index in [0.717, 1.165) is 74.7 Å². The molecule has 168 valence electrons. The van der Waals surface area contributed by atoms with Crippen molar-refractivity contribution in [3.05, 3.63) is 41.8 Å². The van der Waals surface area contributed by atoms with E-state index in [2.05, 4.69) is 14.8 Å². The minimum Gasteiger partial charge on any atom is -0.353 e. The summed E-state index contributed by atoms with van der Waals surface area (Å²) in [6.07, 6.45) is 7.46. The summed E-state index contributed by atoms with van der Waals surface area (Å²) in [5.74, 6) is 3.91. The van der Waals surface area contributed by atoms with Gasteiger partial charge in [-0.15, -0.1) is 0 Å². The summed E-state index contributed by atoms with van der Waals surface area (Å²) in [4.78, 5) is 27.3. The van der Waals surface area contributed by atoms with Gasteiger partial charge in [0.2, 0.25) is 5.91 Å². The molecule has 1 aliphatic heterocycles. The number of piperazine rings is 1. The van der Waals surface area contributed by atoms with E-state index in [1.807, 2.05) is 19.1 Å². The number of hydrogen-bond donors (Lipinski definition) is 0. The van der Waals surface area contributed by atoms with Gasteiger partial charge in [-0.05, 0) is 75.3 Å². The number of halogens is 1. The Labute approximate surface area is 189 Å². The molecule has 5 fully saturated rings. The van der Waals surface area contributed by atoms with Crippen LogP contribution < -0.4 is 4.90 Å². The minimum atomic E-state index is -0.286. The highest BCUT2D eigenvalue weighted by Crippen LogP contribution is 2.60. The fraction of sp³-hybridized carbons (Fsp3) is 0.577. The molecular formula is C26H31FN4O. The highest BCUT2D eigenvalue weighted by atomic mass is 19.1. The van der Waals surface area contributed by atoms with Gasteiger partial charge in [0, 0.05) is 43.5 Å². The fourth-order valence-electron chi connectivity index (χ4n) is 7.32. The highest BCUT2D eigenvalue weighted by molar-refractivity contribution is 5.83. The van der Waals surface area contributed by atoms with Crippen molar-refractivity contribution in [2.24, 2.45) is 23.2 Å². The standard InChI is InChI=1S/C26H31FN4O/c1-17-9-23(29-24(28-17)21-3-2-4-22(27)13-21)30-5-7-31(8-6-30)25(32)26-14-18-10-19(15-26)12-20(11-18)16-26/h2-4,9,13,18-20H,5-8,10-12,14-16H2,1H3. The summed E-state index contributed by atoms with van der Waals surface area (Å²) >= 11 is 0. The van der Waals surface area contributed by atoms with Crippen LogP contribution in [0.1, 0.15) is 44.2 Å². The Morgan fingerprint density at radius 1 is 0.969 bits per heavy atom. The zero-order valence-electron chi connectivity index (χ0n) is 18.8. The van der Waals surface area contributed by atoms with Crippen molar-refractivity contribution in [3.8, 4) is 11.4 Å². The van der Waals surface area contributed by atoms with Crippen LogP contribution in [0.15, 0.2) is 30.3 Å². The van der Waals surface area contributed by atoms with Crippen molar-refractivity contribution >= 4 is 11.7 Å². The maximum atomic E-state index is 13.7. The Morgan fingerprint density at radius 3 is 2.25 bits per heavy atom. The van der Waals surface area contributed by atoms with Gasteiger partial charge in [-0.1, -0.05) is 12.1 Å². The second kappa shape index (κ2) is 7.53. The van der Waals surface area contributed by atoms with E-state index < -0.39 is 0 Å². The molecule has 2 heterocycles. The van der Waals surface area contributed by atoms with Gasteiger partial charge in [-0.3, -0.25) is 4.79 Å². The smallest absolute Gasteiger partial charge is 0.228 e. The summed E-state index contributed by atoms with van der Waals surface area (Å²) in [7, 11) is 0. The van der Waals surface area contributed by atoms with Crippen molar-refractivity contribution in [1.29, 1.82) is 0 Å². The monoisotopic (exact) mass is 434 g/mol. The van der Waals surface area contributed by atoms with Crippen molar-refractivity contribution in [2.75, 3.05) is 31.1 Å². The second-order valence-corrected chi connectivity index (χ2v) is 10.7. The molecule has 1 saturated heterocycles. The Kier molecular flexibility index (Phi) is 4.74. The maximum Gasteiger partial charge on any atom is 0.228 e. The molecule has 4 saturated carbocycles. The van der Waals surface area contributed by atoms with Crippen molar-refractivity contribution in [2.45, 2.75) is 45.4 Å². The molecule has 0 N–H and O–H groups in total. The summed E-state index contributed by atoms with van der Waals surface area (Å²) in [6, 6.07) is 8.41. The number of amides is 1. The normalized spacial score (nSPS) is 31.2. The third kappa shape index (κ3) is 3.48. The summed E-state index contributed by atoms with van der Waals surface area (Å²) < 4.78 is 13.7. The molecule has 4 aliphatic carbocycles. The Bertz CT molecular complexity index is 1010. The van der Waals surface area contributed by atoms with E-state index >= 15 is 0 Å². The van der Waals surface area contributed by atoms with Crippen LogP contribution in [0.25, 0.3) is 11.4 Å². The molecule has 5 aliphatic rings. The van der Waals surface area contributed by atoms with Crippen LogP contribution in [0.5, 0.6) is 0 Å². The molecule has 1 amide bonds. The van der Waals surface area contributed by atoms with Gasteiger partial charge in [-0.25, -0.2) is 14.4 Å². The molecule has 4 bridgehead atoms. The Morgan fingerprint density at radius 2 is 1.62 bits per heavy atom. The lowest BCUT2D eigenvalue weighted by Gasteiger charge is -2.57. The molecule has 32 heavy (non-hydrogen) atoms. The number of rotatable bonds is 3. The van der Waals surface area contributed by atoms with E-state index in [9.17, 15) is 9.18 Å². The van der Waals surface area contributed by atoms with Crippen molar-refractivity contribution in [3.63, 3.8) is 0 Å². The van der Waals surface area contributed by atoms with E-state index in [4.69, 9.17) is 4.98 Å². The van der Waals surface area contributed by atoms with Crippen LogP contribution in [0.3, 0.4) is 0 Å².